The Bertz CT molecular complexity index is 463. The smallest absolute Gasteiger partial charge is 0.0994 e. The zero-order valence-electron chi connectivity index (χ0n) is 7.54. The Morgan fingerprint density at radius 2 is 2.00 bits per heavy atom. The van der Waals surface area contributed by atoms with E-state index in [1.54, 1.807) is 18.6 Å². The number of hydrogen-bond donors (Lipinski definition) is 0. The molecule has 4 heteroatoms. The van der Waals surface area contributed by atoms with Crippen molar-refractivity contribution in [2.45, 2.75) is 6.92 Å². The van der Waals surface area contributed by atoms with Crippen LogP contribution in [-0.2, 0) is 0 Å². The van der Waals surface area contributed by atoms with Gasteiger partial charge >= 0.3 is 0 Å². The van der Waals surface area contributed by atoms with Crippen LogP contribution in [0.3, 0.4) is 0 Å². The number of halogens is 2. The lowest BCUT2D eigenvalue weighted by atomic mass is 10.3. The summed E-state index contributed by atoms with van der Waals surface area (Å²) in [6, 6.07) is 5.50. The molecule has 1 heterocycles. The molecule has 0 saturated carbocycles. The van der Waals surface area contributed by atoms with Crippen LogP contribution in [0, 0.1) is 6.92 Å². The van der Waals surface area contributed by atoms with Gasteiger partial charge in [-0.2, -0.15) is 0 Å². The van der Waals surface area contributed by atoms with Gasteiger partial charge in [0.2, 0.25) is 0 Å². The Labute approximate surface area is 92.1 Å². The van der Waals surface area contributed by atoms with E-state index in [0.29, 0.717) is 10.0 Å². The molecule has 1 aromatic heterocycles. The van der Waals surface area contributed by atoms with Gasteiger partial charge in [-0.1, -0.05) is 23.2 Å². The summed E-state index contributed by atoms with van der Waals surface area (Å²) in [5.74, 6) is 0. The summed E-state index contributed by atoms with van der Waals surface area (Å²) in [7, 11) is 0. The molecule has 0 fully saturated rings. The zero-order chi connectivity index (χ0) is 10.1. The summed E-state index contributed by atoms with van der Waals surface area (Å²) in [6.45, 7) is 1.98. The van der Waals surface area contributed by atoms with Crippen molar-refractivity contribution < 1.29 is 0 Å². The Morgan fingerprint density at radius 3 is 2.57 bits per heavy atom. The molecular formula is C10H8Cl2N2. The number of imidazole rings is 1. The molecule has 0 spiro atoms. The summed E-state index contributed by atoms with van der Waals surface area (Å²) >= 11 is 11.7. The van der Waals surface area contributed by atoms with Crippen molar-refractivity contribution in [2.75, 3.05) is 0 Å². The monoisotopic (exact) mass is 226 g/mol. The van der Waals surface area contributed by atoms with Gasteiger partial charge in [-0.05, 0) is 25.1 Å². The maximum absolute atomic E-state index is 5.92. The first-order valence-corrected chi connectivity index (χ1v) is 4.88. The largest absolute Gasteiger partial charge is 0.304 e. The van der Waals surface area contributed by atoms with Gasteiger partial charge in [0.05, 0.1) is 16.4 Å². The van der Waals surface area contributed by atoms with E-state index in [-0.39, 0.29) is 0 Å². The molecule has 0 radical (unpaired) electrons. The van der Waals surface area contributed by atoms with Crippen LogP contribution < -0.4 is 0 Å². The third-order valence-corrected chi connectivity index (χ3v) is 2.74. The fourth-order valence-electron chi connectivity index (χ4n) is 1.27. The Hall–Kier alpha value is -0.990. The molecule has 0 N–H and O–H groups in total. The molecule has 2 rings (SSSR count). The van der Waals surface area contributed by atoms with Crippen molar-refractivity contribution in [3.8, 4) is 5.69 Å². The number of rotatable bonds is 1. The lowest BCUT2D eigenvalue weighted by Gasteiger charge is -2.05. The molecule has 0 aliphatic carbocycles. The fourth-order valence-corrected chi connectivity index (χ4v) is 1.56. The van der Waals surface area contributed by atoms with Gasteiger partial charge in [-0.3, -0.25) is 0 Å². The van der Waals surface area contributed by atoms with Crippen molar-refractivity contribution in [2.24, 2.45) is 0 Å². The van der Waals surface area contributed by atoms with E-state index in [4.69, 9.17) is 23.2 Å². The molecule has 2 aromatic rings. The highest BCUT2D eigenvalue weighted by atomic mass is 35.5. The second kappa shape index (κ2) is 3.64. The fraction of sp³-hybridized carbons (Fsp3) is 0.100. The summed E-state index contributed by atoms with van der Waals surface area (Å²) in [6.07, 6.45) is 3.54. The standard InChI is InChI=1S/C10H8Cl2N2/c1-7-5-13-6-14(7)8-2-3-9(11)10(12)4-8/h2-6H,1H3. The van der Waals surface area contributed by atoms with Crippen molar-refractivity contribution in [3.05, 3.63) is 46.5 Å². The second-order valence-electron chi connectivity index (χ2n) is 3.00. The van der Waals surface area contributed by atoms with Crippen molar-refractivity contribution in [1.82, 2.24) is 9.55 Å². The normalized spacial score (nSPS) is 10.5. The van der Waals surface area contributed by atoms with Gasteiger partial charge < -0.3 is 4.57 Å². The maximum Gasteiger partial charge on any atom is 0.0994 e. The molecule has 14 heavy (non-hydrogen) atoms. The van der Waals surface area contributed by atoms with Crippen LogP contribution >= 0.6 is 23.2 Å². The number of nitrogens with zero attached hydrogens (tertiary/aromatic N) is 2. The quantitative estimate of drug-likeness (QED) is 0.729. The van der Waals surface area contributed by atoms with Crippen LogP contribution in [0.25, 0.3) is 5.69 Å². The second-order valence-corrected chi connectivity index (χ2v) is 3.82. The van der Waals surface area contributed by atoms with E-state index in [2.05, 4.69) is 4.98 Å². The SMILES string of the molecule is Cc1cncn1-c1ccc(Cl)c(Cl)c1. The van der Waals surface area contributed by atoms with Crippen molar-refractivity contribution in [1.29, 1.82) is 0 Å². The highest BCUT2D eigenvalue weighted by Gasteiger charge is 2.02. The Morgan fingerprint density at radius 1 is 1.21 bits per heavy atom. The topological polar surface area (TPSA) is 17.8 Å². The molecule has 0 atom stereocenters. The molecule has 2 nitrogen and oxygen atoms in total. The van der Waals surface area contributed by atoms with Gasteiger partial charge in [0, 0.05) is 17.6 Å². The average molecular weight is 227 g/mol. The van der Waals surface area contributed by atoms with E-state index < -0.39 is 0 Å². The number of aryl methyl sites for hydroxylation is 1. The molecular weight excluding hydrogens is 219 g/mol. The van der Waals surface area contributed by atoms with Crippen LogP contribution in [0.5, 0.6) is 0 Å². The molecule has 0 saturated heterocycles. The first-order chi connectivity index (χ1) is 6.68. The average Bonchev–Trinajstić information content (AvgIpc) is 2.57. The van der Waals surface area contributed by atoms with Crippen LogP contribution in [0.4, 0.5) is 0 Å². The van der Waals surface area contributed by atoms with Crippen molar-refractivity contribution >= 4 is 23.2 Å². The van der Waals surface area contributed by atoms with Crippen molar-refractivity contribution in [3.63, 3.8) is 0 Å². The van der Waals surface area contributed by atoms with Gasteiger partial charge in [-0.15, -0.1) is 0 Å². The van der Waals surface area contributed by atoms with E-state index >= 15 is 0 Å². The third kappa shape index (κ3) is 1.63. The minimum atomic E-state index is 0.553. The van der Waals surface area contributed by atoms with Crippen LogP contribution in [-0.4, -0.2) is 9.55 Å². The molecule has 0 aliphatic rings. The predicted molar refractivity (Wildman–Crippen MR) is 58.3 cm³/mol. The molecule has 72 valence electrons. The minimum Gasteiger partial charge on any atom is -0.304 e. The molecule has 0 bridgehead atoms. The van der Waals surface area contributed by atoms with Crippen LogP contribution in [0.2, 0.25) is 10.0 Å². The number of hydrogen-bond acceptors (Lipinski definition) is 1. The molecule has 0 amide bonds. The zero-order valence-corrected chi connectivity index (χ0v) is 9.05. The summed E-state index contributed by atoms with van der Waals surface area (Å²) in [5.41, 5.74) is 2.03. The van der Waals surface area contributed by atoms with Gasteiger partial charge in [0.25, 0.3) is 0 Å². The summed E-state index contributed by atoms with van der Waals surface area (Å²) < 4.78 is 1.95. The minimum absolute atomic E-state index is 0.553. The third-order valence-electron chi connectivity index (χ3n) is 2.00. The van der Waals surface area contributed by atoms with Gasteiger partial charge in [-0.25, -0.2) is 4.98 Å². The molecule has 1 aromatic carbocycles. The van der Waals surface area contributed by atoms with E-state index in [1.165, 1.54) is 0 Å². The van der Waals surface area contributed by atoms with Gasteiger partial charge in [0.1, 0.15) is 0 Å². The predicted octanol–water partition coefficient (Wildman–Crippen LogP) is 3.49. The van der Waals surface area contributed by atoms with E-state index in [9.17, 15) is 0 Å². The first kappa shape index (κ1) is 9.56. The lowest BCUT2D eigenvalue weighted by Crippen LogP contribution is -1.93. The molecule has 0 unspecified atom stereocenters. The highest BCUT2D eigenvalue weighted by Crippen LogP contribution is 2.24. The Kier molecular flexibility index (Phi) is 2.48. The summed E-state index contributed by atoms with van der Waals surface area (Å²) in [5, 5.41) is 1.12. The van der Waals surface area contributed by atoms with Gasteiger partial charge in [0.15, 0.2) is 0 Å². The number of aromatic nitrogens is 2. The Balaban J connectivity index is 2.53. The first-order valence-electron chi connectivity index (χ1n) is 4.13. The maximum atomic E-state index is 5.92. The number of benzene rings is 1. The summed E-state index contributed by atoms with van der Waals surface area (Å²) in [4.78, 5) is 4.04. The van der Waals surface area contributed by atoms with Crippen LogP contribution in [0.1, 0.15) is 5.69 Å². The van der Waals surface area contributed by atoms with Crippen LogP contribution in [0.15, 0.2) is 30.7 Å². The van der Waals surface area contributed by atoms with E-state index in [0.717, 1.165) is 11.4 Å². The lowest BCUT2D eigenvalue weighted by molar-refractivity contribution is 1.00. The van der Waals surface area contributed by atoms with E-state index in [1.807, 2.05) is 23.6 Å². The molecule has 0 aliphatic heterocycles. The highest BCUT2D eigenvalue weighted by molar-refractivity contribution is 6.42.